The van der Waals surface area contributed by atoms with E-state index in [0.717, 1.165) is 0 Å². The van der Waals surface area contributed by atoms with E-state index in [1.807, 2.05) is 6.07 Å². The van der Waals surface area contributed by atoms with Crippen LogP contribution in [-0.2, 0) is 14.8 Å². The number of hydrogen-bond donors (Lipinski definition) is 2. The minimum absolute atomic E-state index is 0.0268. The zero-order valence-corrected chi connectivity index (χ0v) is 17.4. The summed E-state index contributed by atoms with van der Waals surface area (Å²) < 4.78 is 28.3. The zero-order valence-electron chi connectivity index (χ0n) is 15.1. The highest BCUT2D eigenvalue weighted by atomic mass is 35.5. The second-order valence-electron chi connectivity index (χ2n) is 6.00. The van der Waals surface area contributed by atoms with E-state index in [9.17, 15) is 18.5 Å². The Bertz CT molecular complexity index is 1290. The quantitative estimate of drug-likeness (QED) is 0.428. The number of halogens is 2. The molecule has 0 atom stereocenters. The molecule has 152 valence electrons. The molecule has 0 spiro atoms. The largest absolute Gasteiger partial charge is 0.457 e. The third kappa shape index (κ3) is 4.90. The maximum Gasteiger partial charge on any atom is 0.266 e. The Morgan fingerprint density at radius 1 is 1.10 bits per heavy atom. The number of nitriles is 1. The molecule has 3 aromatic rings. The number of benzene rings is 2. The van der Waals surface area contributed by atoms with Gasteiger partial charge in [0.25, 0.3) is 5.91 Å². The fourth-order valence-electron chi connectivity index (χ4n) is 2.48. The van der Waals surface area contributed by atoms with Gasteiger partial charge in [0, 0.05) is 11.6 Å². The van der Waals surface area contributed by atoms with E-state index in [1.54, 1.807) is 30.3 Å². The monoisotopic (exact) mass is 461 g/mol. The second-order valence-corrected chi connectivity index (χ2v) is 8.34. The van der Waals surface area contributed by atoms with E-state index >= 15 is 0 Å². The van der Waals surface area contributed by atoms with Crippen LogP contribution in [0, 0.1) is 11.3 Å². The molecule has 3 rings (SSSR count). The summed E-state index contributed by atoms with van der Waals surface area (Å²) in [6, 6.07) is 15.5. The third-order valence-electron chi connectivity index (χ3n) is 3.95. The maximum absolute atomic E-state index is 12.4. The number of rotatable bonds is 5. The summed E-state index contributed by atoms with van der Waals surface area (Å²) in [6.45, 7) is 0. The number of furan rings is 1. The van der Waals surface area contributed by atoms with Crippen molar-refractivity contribution in [1.82, 2.24) is 0 Å². The molecule has 0 saturated carbocycles. The van der Waals surface area contributed by atoms with E-state index in [1.165, 1.54) is 30.3 Å². The van der Waals surface area contributed by atoms with E-state index in [2.05, 4.69) is 5.32 Å². The Hall–Kier alpha value is -3.09. The molecule has 1 aromatic heterocycles. The first-order valence-corrected chi connectivity index (χ1v) is 10.6. The highest BCUT2D eigenvalue weighted by Crippen LogP contribution is 2.30. The molecule has 0 aliphatic heterocycles. The average Bonchev–Trinajstić information content (AvgIpc) is 3.17. The number of nitrogens with one attached hydrogen (secondary N) is 1. The van der Waals surface area contributed by atoms with Crippen LogP contribution in [0.2, 0.25) is 10.0 Å². The van der Waals surface area contributed by atoms with Crippen LogP contribution in [0.15, 0.2) is 69.5 Å². The van der Waals surface area contributed by atoms with Crippen molar-refractivity contribution < 1.29 is 17.6 Å². The Labute approximate surface area is 182 Å². The molecule has 10 heteroatoms. The molecule has 1 heterocycles. The van der Waals surface area contributed by atoms with Crippen molar-refractivity contribution in [3.63, 3.8) is 0 Å². The van der Waals surface area contributed by atoms with Crippen molar-refractivity contribution in [2.24, 2.45) is 5.14 Å². The molecule has 0 fully saturated rings. The molecule has 0 radical (unpaired) electrons. The van der Waals surface area contributed by atoms with Crippen molar-refractivity contribution in [3.8, 4) is 17.4 Å². The van der Waals surface area contributed by atoms with Gasteiger partial charge in [-0.3, -0.25) is 4.79 Å². The molecule has 0 unspecified atom stereocenters. The summed E-state index contributed by atoms with van der Waals surface area (Å²) in [4.78, 5) is 12.4. The normalized spacial score (nSPS) is 11.7. The summed E-state index contributed by atoms with van der Waals surface area (Å²) in [5.41, 5.74) is 0.651. The summed E-state index contributed by atoms with van der Waals surface area (Å²) in [7, 11) is -3.80. The number of nitrogens with two attached hydrogens (primary N) is 1. The van der Waals surface area contributed by atoms with Gasteiger partial charge in [-0.25, -0.2) is 13.6 Å². The van der Waals surface area contributed by atoms with Gasteiger partial charge in [0.05, 0.1) is 20.6 Å². The van der Waals surface area contributed by atoms with Crippen LogP contribution in [0.3, 0.4) is 0 Å². The van der Waals surface area contributed by atoms with Crippen LogP contribution in [0.25, 0.3) is 17.4 Å². The van der Waals surface area contributed by atoms with E-state index in [-0.39, 0.29) is 32.0 Å². The second kappa shape index (κ2) is 8.73. The minimum Gasteiger partial charge on any atom is -0.457 e. The predicted molar refractivity (Wildman–Crippen MR) is 114 cm³/mol. The van der Waals surface area contributed by atoms with Gasteiger partial charge in [-0.1, -0.05) is 29.3 Å². The average molecular weight is 462 g/mol. The Kier molecular flexibility index (Phi) is 6.29. The SMILES string of the molecule is N#CC(=Cc1ccc(-c2ccc(S(N)(=O)=O)cc2)o1)C(=O)Nc1cccc(Cl)c1Cl. The molecule has 0 aliphatic carbocycles. The van der Waals surface area contributed by atoms with Crippen LogP contribution in [0.5, 0.6) is 0 Å². The lowest BCUT2D eigenvalue weighted by molar-refractivity contribution is -0.112. The highest BCUT2D eigenvalue weighted by molar-refractivity contribution is 7.89. The van der Waals surface area contributed by atoms with Crippen LogP contribution < -0.4 is 10.5 Å². The van der Waals surface area contributed by atoms with Gasteiger partial charge in [-0.05, 0) is 48.5 Å². The third-order valence-corrected chi connectivity index (χ3v) is 5.69. The van der Waals surface area contributed by atoms with Crippen molar-refractivity contribution in [3.05, 3.63) is 76.0 Å². The fourth-order valence-corrected chi connectivity index (χ4v) is 3.34. The van der Waals surface area contributed by atoms with Crippen molar-refractivity contribution in [2.75, 3.05) is 5.32 Å². The van der Waals surface area contributed by atoms with Gasteiger partial charge >= 0.3 is 0 Å². The maximum atomic E-state index is 12.4. The molecule has 3 N–H and O–H groups in total. The van der Waals surface area contributed by atoms with E-state index < -0.39 is 15.9 Å². The van der Waals surface area contributed by atoms with Gasteiger partial charge in [0.15, 0.2) is 0 Å². The molecule has 1 amide bonds. The summed E-state index contributed by atoms with van der Waals surface area (Å²) in [5, 5.41) is 17.4. The fraction of sp³-hybridized carbons (Fsp3) is 0. The number of anilines is 1. The zero-order chi connectivity index (χ0) is 21.9. The lowest BCUT2D eigenvalue weighted by Gasteiger charge is -2.07. The lowest BCUT2D eigenvalue weighted by atomic mass is 10.2. The van der Waals surface area contributed by atoms with Crippen LogP contribution >= 0.6 is 23.2 Å². The standard InChI is InChI=1S/C20H13Cl2N3O4S/c21-16-2-1-3-17(19(16)22)25-20(26)13(11-23)10-14-6-9-18(29-14)12-4-7-15(8-5-12)30(24,27)28/h1-10H,(H,25,26)(H2,24,27,28). The molecular formula is C20H13Cl2N3O4S. The summed E-state index contributed by atoms with van der Waals surface area (Å²) in [6.07, 6.45) is 1.27. The summed E-state index contributed by atoms with van der Waals surface area (Å²) in [5.74, 6) is -0.0145. The number of nitrogens with zero attached hydrogens (tertiary/aromatic N) is 1. The first-order chi connectivity index (χ1) is 14.2. The van der Waals surface area contributed by atoms with Gasteiger partial charge in [0.1, 0.15) is 23.2 Å². The molecule has 2 aromatic carbocycles. The Balaban J connectivity index is 1.82. The number of primary sulfonamides is 1. The Morgan fingerprint density at radius 2 is 1.80 bits per heavy atom. The smallest absolute Gasteiger partial charge is 0.266 e. The topological polar surface area (TPSA) is 126 Å². The first-order valence-electron chi connectivity index (χ1n) is 8.29. The molecular weight excluding hydrogens is 449 g/mol. The molecule has 7 nitrogen and oxygen atoms in total. The number of carbonyl (C=O) groups excluding carboxylic acids is 1. The molecule has 0 bridgehead atoms. The minimum atomic E-state index is -3.80. The molecule has 0 aliphatic rings. The van der Waals surface area contributed by atoms with Crippen LogP contribution in [0.4, 0.5) is 5.69 Å². The van der Waals surface area contributed by atoms with Crippen molar-refractivity contribution in [2.45, 2.75) is 4.90 Å². The first kappa shape index (κ1) is 21.6. The number of amides is 1. The van der Waals surface area contributed by atoms with Crippen LogP contribution in [0.1, 0.15) is 5.76 Å². The van der Waals surface area contributed by atoms with Gasteiger partial charge in [-0.15, -0.1) is 0 Å². The highest BCUT2D eigenvalue weighted by Gasteiger charge is 2.14. The van der Waals surface area contributed by atoms with E-state index in [0.29, 0.717) is 11.3 Å². The van der Waals surface area contributed by atoms with E-state index in [4.69, 9.17) is 32.8 Å². The van der Waals surface area contributed by atoms with Gasteiger partial charge in [-0.2, -0.15) is 5.26 Å². The Morgan fingerprint density at radius 3 is 2.43 bits per heavy atom. The number of hydrogen-bond acceptors (Lipinski definition) is 5. The van der Waals surface area contributed by atoms with Gasteiger partial charge < -0.3 is 9.73 Å². The number of carbonyl (C=O) groups is 1. The predicted octanol–water partition coefficient (Wildman–Crippen LogP) is 4.45. The van der Waals surface area contributed by atoms with Crippen molar-refractivity contribution >= 4 is 50.9 Å². The molecule has 30 heavy (non-hydrogen) atoms. The number of sulfonamides is 1. The lowest BCUT2D eigenvalue weighted by Crippen LogP contribution is -2.13. The summed E-state index contributed by atoms with van der Waals surface area (Å²) >= 11 is 12.0. The van der Waals surface area contributed by atoms with Crippen molar-refractivity contribution in [1.29, 1.82) is 5.26 Å². The molecule has 0 saturated heterocycles. The van der Waals surface area contributed by atoms with Gasteiger partial charge in [0.2, 0.25) is 10.0 Å². The van der Waals surface area contributed by atoms with Crippen LogP contribution in [-0.4, -0.2) is 14.3 Å².